The van der Waals surface area contributed by atoms with Crippen LogP contribution in [0.1, 0.15) is 31.2 Å². The lowest BCUT2D eigenvalue weighted by Crippen LogP contribution is -2.25. The summed E-state index contributed by atoms with van der Waals surface area (Å²) >= 11 is 1.51. The van der Waals surface area contributed by atoms with E-state index >= 15 is 0 Å². The summed E-state index contributed by atoms with van der Waals surface area (Å²) in [5.41, 5.74) is 3.11. The molecule has 0 spiro atoms. The van der Waals surface area contributed by atoms with Gasteiger partial charge in [0.05, 0.1) is 11.9 Å². The van der Waals surface area contributed by atoms with Gasteiger partial charge in [-0.05, 0) is 12.5 Å². The third-order valence-corrected chi connectivity index (χ3v) is 4.72. The molecule has 0 radical (unpaired) electrons. The summed E-state index contributed by atoms with van der Waals surface area (Å²) in [6.07, 6.45) is 5.45. The van der Waals surface area contributed by atoms with Gasteiger partial charge in [-0.25, -0.2) is 4.98 Å². The van der Waals surface area contributed by atoms with E-state index in [1.807, 2.05) is 38.3 Å². The molecule has 0 saturated heterocycles. The van der Waals surface area contributed by atoms with E-state index in [0.717, 1.165) is 21.8 Å². The van der Waals surface area contributed by atoms with E-state index in [1.165, 1.54) is 16.9 Å². The highest BCUT2D eigenvalue weighted by atomic mass is 32.1. The number of rotatable bonds is 3. The van der Waals surface area contributed by atoms with Crippen LogP contribution in [-0.2, 0) is 6.54 Å². The molecule has 0 aliphatic heterocycles. The molecule has 3 nitrogen and oxygen atoms in total. The van der Waals surface area contributed by atoms with Crippen molar-refractivity contribution < 1.29 is 0 Å². The van der Waals surface area contributed by atoms with Crippen molar-refractivity contribution in [3.8, 4) is 23.5 Å². The number of fused-ring (bicyclic) bond motifs is 1. The molecule has 0 aliphatic rings. The van der Waals surface area contributed by atoms with Crippen molar-refractivity contribution in [2.24, 2.45) is 0 Å². The van der Waals surface area contributed by atoms with Gasteiger partial charge in [-0.3, -0.25) is 9.36 Å². The zero-order valence-electron chi connectivity index (χ0n) is 13.5. The number of hydrogen-bond donors (Lipinski definition) is 0. The molecule has 4 heteroatoms. The molecule has 0 bridgehead atoms. The lowest BCUT2D eigenvalue weighted by Gasteiger charge is -2.13. The van der Waals surface area contributed by atoms with Gasteiger partial charge >= 0.3 is 0 Å². The van der Waals surface area contributed by atoms with Gasteiger partial charge < -0.3 is 0 Å². The third kappa shape index (κ3) is 2.69. The number of aromatic nitrogens is 2. The van der Waals surface area contributed by atoms with Crippen molar-refractivity contribution in [2.75, 3.05) is 0 Å². The van der Waals surface area contributed by atoms with Crippen LogP contribution in [0.4, 0.5) is 0 Å². The van der Waals surface area contributed by atoms with Gasteiger partial charge in [0.2, 0.25) is 0 Å². The Morgan fingerprint density at radius 3 is 2.61 bits per heavy atom. The van der Waals surface area contributed by atoms with E-state index in [9.17, 15) is 4.79 Å². The van der Waals surface area contributed by atoms with Gasteiger partial charge in [-0.2, -0.15) is 0 Å². The maximum Gasteiger partial charge on any atom is 0.263 e. The predicted molar refractivity (Wildman–Crippen MR) is 97.0 cm³/mol. The third-order valence-electron chi connectivity index (χ3n) is 3.85. The number of hydrogen-bond acceptors (Lipinski definition) is 3. The molecule has 0 N–H and O–H groups in total. The van der Waals surface area contributed by atoms with E-state index in [2.05, 4.69) is 18.1 Å². The van der Waals surface area contributed by atoms with Crippen molar-refractivity contribution in [3.05, 3.63) is 51.4 Å². The Kier molecular flexibility index (Phi) is 4.06. The first-order valence-corrected chi connectivity index (χ1v) is 8.43. The maximum atomic E-state index is 13.0. The zero-order valence-corrected chi connectivity index (χ0v) is 14.3. The number of benzene rings is 1. The fourth-order valence-electron chi connectivity index (χ4n) is 2.67. The SMILES string of the molecule is C#CCn1c(C(C)C)nc2scc(-c3ccc(C)cc3)c2c1=O. The molecule has 3 rings (SSSR count). The minimum Gasteiger partial charge on any atom is -0.284 e. The Morgan fingerprint density at radius 1 is 1.30 bits per heavy atom. The second-order valence-electron chi connectivity index (χ2n) is 5.92. The molecule has 0 amide bonds. The Morgan fingerprint density at radius 2 is 2.00 bits per heavy atom. The van der Waals surface area contributed by atoms with Crippen LogP contribution in [0.5, 0.6) is 0 Å². The highest BCUT2D eigenvalue weighted by Crippen LogP contribution is 2.31. The van der Waals surface area contributed by atoms with Crippen LogP contribution in [0.15, 0.2) is 34.4 Å². The molecule has 23 heavy (non-hydrogen) atoms. The van der Waals surface area contributed by atoms with Crippen molar-refractivity contribution in [3.63, 3.8) is 0 Å². The number of terminal acetylenes is 1. The van der Waals surface area contributed by atoms with Crippen molar-refractivity contribution in [2.45, 2.75) is 33.2 Å². The normalized spacial score (nSPS) is 11.1. The minimum absolute atomic E-state index is 0.0477. The highest BCUT2D eigenvalue weighted by Gasteiger charge is 2.18. The number of aryl methyl sites for hydroxylation is 1. The molecule has 0 fully saturated rings. The Hall–Kier alpha value is -2.38. The van der Waals surface area contributed by atoms with E-state index in [0.29, 0.717) is 5.39 Å². The van der Waals surface area contributed by atoms with Crippen LogP contribution in [0.25, 0.3) is 21.3 Å². The summed E-state index contributed by atoms with van der Waals surface area (Å²) in [4.78, 5) is 18.5. The van der Waals surface area contributed by atoms with Gasteiger partial charge in [0.15, 0.2) is 0 Å². The van der Waals surface area contributed by atoms with E-state index < -0.39 is 0 Å². The van der Waals surface area contributed by atoms with Crippen LogP contribution in [0.2, 0.25) is 0 Å². The predicted octanol–water partition coefficient (Wildman–Crippen LogP) is 4.19. The van der Waals surface area contributed by atoms with Crippen LogP contribution in [-0.4, -0.2) is 9.55 Å². The van der Waals surface area contributed by atoms with Crippen molar-refractivity contribution in [1.29, 1.82) is 0 Å². The molecular formula is C19H18N2OS. The zero-order chi connectivity index (χ0) is 16.6. The molecular weight excluding hydrogens is 304 g/mol. The standard InChI is InChI=1S/C19H18N2OS/c1-5-10-21-17(12(2)3)20-18-16(19(21)22)15(11-23-18)14-8-6-13(4)7-9-14/h1,6-9,11-12H,10H2,2-4H3. The second kappa shape index (κ2) is 6.02. The van der Waals surface area contributed by atoms with Crippen molar-refractivity contribution >= 4 is 21.6 Å². The highest BCUT2D eigenvalue weighted by molar-refractivity contribution is 7.17. The molecule has 0 unspecified atom stereocenters. The maximum absolute atomic E-state index is 13.0. The van der Waals surface area contributed by atoms with E-state index in [4.69, 9.17) is 11.4 Å². The van der Waals surface area contributed by atoms with Gasteiger partial charge in [0.25, 0.3) is 5.56 Å². The topological polar surface area (TPSA) is 34.9 Å². The van der Waals surface area contributed by atoms with Crippen LogP contribution < -0.4 is 5.56 Å². The molecule has 116 valence electrons. The first kappa shape index (κ1) is 15.5. The molecule has 3 aromatic rings. The molecule has 0 atom stereocenters. The fourth-order valence-corrected chi connectivity index (χ4v) is 3.62. The summed E-state index contributed by atoms with van der Waals surface area (Å²) in [6.45, 7) is 6.34. The Balaban J connectivity index is 2.32. The van der Waals surface area contributed by atoms with E-state index in [-0.39, 0.29) is 18.0 Å². The first-order chi connectivity index (χ1) is 11.0. The van der Waals surface area contributed by atoms with E-state index in [1.54, 1.807) is 4.57 Å². The largest absolute Gasteiger partial charge is 0.284 e. The number of thiophene rings is 1. The molecule has 2 aromatic heterocycles. The van der Waals surface area contributed by atoms with Crippen molar-refractivity contribution in [1.82, 2.24) is 9.55 Å². The lowest BCUT2D eigenvalue weighted by atomic mass is 10.0. The van der Waals surface area contributed by atoms with Gasteiger partial charge in [-0.1, -0.05) is 49.6 Å². The van der Waals surface area contributed by atoms with Gasteiger partial charge in [-0.15, -0.1) is 17.8 Å². The monoisotopic (exact) mass is 322 g/mol. The Labute approximate surface area is 139 Å². The smallest absolute Gasteiger partial charge is 0.263 e. The molecule has 0 saturated carbocycles. The summed E-state index contributed by atoms with van der Waals surface area (Å²) < 4.78 is 1.62. The second-order valence-corrected chi connectivity index (χ2v) is 6.77. The minimum atomic E-state index is -0.0477. The summed E-state index contributed by atoms with van der Waals surface area (Å²) in [7, 11) is 0. The molecule has 0 aliphatic carbocycles. The Bertz CT molecular complexity index is 956. The average Bonchev–Trinajstić information content (AvgIpc) is 2.95. The lowest BCUT2D eigenvalue weighted by molar-refractivity contribution is 0.651. The van der Waals surface area contributed by atoms with Crippen LogP contribution >= 0.6 is 11.3 Å². The summed E-state index contributed by atoms with van der Waals surface area (Å²) in [5.74, 6) is 3.46. The van der Waals surface area contributed by atoms with Crippen LogP contribution in [0.3, 0.4) is 0 Å². The van der Waals surface area contributed by atoms with Gasteiger partial charge in [0.1, 0.15) is 10.7 Å². The average molecular weight is 322 g/mol. The quantitative estimate of drug-likeness (QED) is 0.678. The molecule has 2 heterocycles. The number of nitrogens with zero attached hydrogens (tertiary/aromatic N) is 2. The fraction of sp³-hybridized carbons (Fsp3) is 0.263. The molecule has 1 aromatic carbocycles. The summed E-state index contributed by atoms with van der Waals surface area (Å²) in [6, 6.07) is 8.18. The van der Waals surface area contributed by atoms with Gasteiger partial charge in [0, 0.05) is 16.9 Å². The van der Waals surface area contributed by atoms with Crippen LogP contribution in [0, 0.1) is 19.3 Å². The summed E-state index contributed by atoms with van der Waals surface area (Å²) in [5, 5.41) is 2.67. The first-order valence-electron chi connectivity index (χ1n) is 7.55.